The van der Waals surface area contributed by atoms with Gasteiger partial charge in [-0.25, -0.2) is 9.97 Å². The molecule has 9 nitrogen and oxygen atoms in total. The molecule has 4 atom stereocenters. The number of benzene rings is 1. The Morgan fingerprint density at radius 2 is 2.03 bits per heavy atom. The van der Waals surface area contributed by atoms with E-state index in [1.807, 2.05) is 31.2 Å². The van der Waals surface area contributed by atoms with Crippen LogP contribution in [0.15, 0.2) is 24.3 Å². The standard InChI is InChI=1S/C22H29N5O4S/c1-12-19(21-26-15-5-3-4-6-18(15)32-21)20(25-16-7-13(10-28)8-17(16)30)27-22(24-12)23-9-14(29)11-31-2/h3-6,13-14,16-17,28-30H,7-11H2,1-2H3,(H2,23,24,25,27)/t13-,14?,16+,17+/m0/s1. The third kappa shape index (κ3) is 5.00. The van der Waals surface area contributed by atoms with Crippen molar-refractivity contribution in [3.8, 4) is 10.6 Å². The molecule has 1 unspecified atom stereocenters. The van der Waals surface area contributed by atoms with Gasteiger partial charge in [0.2, 0.25) is 5.95 Å². The van der Waals surface area contributed by atoms with Crippen molar-refractivity contribution >= 4 is 33.3 Å². The summed E-state index contributed by atoms with van der Waals surface area (Å²) in [6.07, 6.45) is -0.0741. The molecule has 10 heteroatoms. The van der Waals surface area contributed by atoms with Crippen LogP contribution >= 0.6 is 11.3 Å². The van der Waals surface area contributed by atoms with Gasteiger partial charge in [0, 0.05) is 20.3 Å². The highest BCUT2D eigenvalue weighted by atomic mass is 32.1. The largest absolute Gasteiger partial charge is 0.396 e. The fraction of sp³-hybridized carbons (Fsp3) is 0.500. The molecule has 0 amide bonds. The number of rotatable bonds is 9. The van der Waals surface area contributed by atoms with E-state index in [-0.39, 0.29) is 31.7 Å². The number of para-hydroxylation sites is 1. The number of aliphatic hydroxyl groups is 3. The molecular formula is C22H29N5O4S. The number of methoxy groups -OCH3 is 1. The number of ether oxygens (including phenoxy) is 1. The summed E-state index contributed by atoms with van der Waals surface area (Å²) in [5.74, 6) is 0.997. The molecule has 3 aromatic rings. The number of thiazole rings is 1. The Morgan fingerprint density at radius 3 is 2.75 bits per heavy atom. The predicted molar refractivity (Wildman–Crippen MR) is 125 cm³/mol. The fourth-order valence-electron chi connectivity index (χ4n) is 4.05. The van der Waals surface area contributed by atoms with Crippen LogP contribution in [0.3, 0.4) is 0 Å². The number of aryl methyl sites for hydroxylation is 1. The van der Waals surface area contributed by atoms with E-state index in [1.165, 1.54) is 7.11 Å². The first-order chi connectivity index (χ1) is 15.5. The van der Waals surface area contributed by atoms with Gasteiger partial charge in [0.15, 0.2) is 0 Å². The van der Waals surface area contributed by atoms with Gasteiger partial charge in [-0.1, -0.05) is 12.1 Å². The van der Waals surface area contributed by atoms with Gasteiger partial charge < -0.3 is 30.7 Å². The summed E-state index contributed by atoms with van der Waals surface area (Å²) >= 11 is 1.56. The van der Waals surface area contributed by atoms with Crippen molar-refractivity contribution in [3.63, 3.8) is 0 Å². The van der Waals surface area contributed by atoms with Crippen LogP contribution in [0.25, 0.3) is 20.8 Å². The Morgan fingerprint density at radius 1 is 1.22 bits per heavy atom. The summed E-state index contributed by atoms with van der Waals surface area (Å²) in [5.41, 5.74) is 2.43. The van der Waals surface area contributed by atoms with Crippen LogP contribution in [-0.2, 0) is 4.74 Å². The fourth-order valence-corrected chi connectivity index (χ4v) is 5.11. The smallest absolute Gasteiger partial charge is 0.224 e. The van der Waals surface area contributed by atoms with Crippen LogP contribution in [-0.4, -0.2) is 75.4 Å². The first-order valence-electron chi connectivity index (χ1n) is 10.7. The number of aliphatic hydroxyl groups excluding tert-OH is 3. The summed E-state index contributed by atoms with van der Waals surface area (Å²) in [7, 11) is 1.53. The molecule has 2 aromatic heterocycles. The van der Waals surface area contributed by atoms with E-state index in [0.29, 0.717) is 24.6 Å². The maximum absolute atomic E-state index is 10.5. The molecular weight excluding hydrogens is 430 g/mol. The van der Waals surface area contributed by atoms with Crippen molar-refractivity contribution in [1.82, 2.24) is 15.0 Å². The topological polar surface area (TPSA) is 133 Å². The van der Waals surface area contributed by atoms with Crippen molar-refractivity contribution < 1.29 is 20.1 Å². The lowest BCUT2D eigenvalue weighted by atomic mass is 10.1. The number of hydrogen-bond acceptors (Lipinski definition) is 10. The minimum Gasteiger partial charge on any atom is -0.396 e. The van der Waals surface area contributed by atoms with Gasteiger partial charge in [-0.15, -0.1) is 11.3 Å². The van der Waals surface area contributed by atoms with E-state index in [9.17, 15) is 15.3 Å². The van der Waals surface area contributed by atoms with E-state index in [4.69, 9.17) is 9.72 Å². The molecule has 4 rings (SSSR count). The Hall–Kier alpha value is -2.37. The second-order valence-electron chi connectivity index (χ2n) is 8.17. The highest BCUT2D eigenvalue weighted by molar-refractivity contribution is 7.21. The normalized spacial score (nSPS) is 21.7. The quantitative estimate of drug-likeness (QED) is 0.326. The lowest BCUT2D eigenvalue weighted by Crippen LogP contribution is -2.29. The number of fused-ring (bicyclic) bond motifs is 1. The van der Waals surface area contributed by atoms with Gasteiger partial charge >= 0.3 is 0 Å². The minimum absolute atomic E-state index is 0.0486. The average Bonchev–Trinajstić information content (AvgIpc) is 3.35. The van der Waals surface area contributed by atoms with E-state index in [1.54, 1.807) is 11.3 Å². The molecule has 5 N–H and O–H groups in total. The number of nitrogens with one attached hydrogen (secondary N) is 2. The monoisotopic (exact) mass is 459 g/mol. The minimum atomic E-state index is -0.689. The van der Waals surface area contributed by atoms with Crippen LogP contribution in [0, 0.1) is 12.8 Å². The van der Waals surface area contributed by atoms with Crippen molar-refractivity contribution in [2.45, 2.75) is 38.0 Å². The molecule has 0 aliphatic heterocycles. The molecule has 1 aliphatic rings. The summed E-state index contributed by atoms with van der Waals surface area (Å²) in [4.78, 5) is 14.0. The van der Waals surface area contributed by atoms with Crippen LogP contribution in [0.2, 0.25) is 0 Å². The van der Waals surface area contributed by atoms with Crippen molar-refractivity contribution in [2.75, 3.05) is 37.5 Å². The van der Waals surface area contributed by atoms with Crippen LogP contribution < -0.4 is 10.6 Å². The molecule has 1 fully saturated rings. The lowest BCUT2D eigenvalue weighted by molar-refractivity contribution is 0.0726. The van der Waals surface area contributed by atoms with Gasteiger partial charge in [-0.05, 0) is 37.8 Å². The van der Waals surface area contributed by atoms with E-state index in [0.717, 1.165) is 26.5 Å². The second kappa shape index (κ2) is 10.1. The van der Waals surface area contributed by atoms with Gasteiger partial charge in [0.25, 0.3) is 0 Å². The van der Waals surface area contributed by atoms with Gasteiger partial charge in [0.1, 0.15) is 10.8 Å². The van der Waals surface area contributed by atoms with Crippen LogP contribution in [0.5, 0.6) is 0 Å². The number of nitrogens with zero attached hydrogens (tertiary/aromatic N) is 3. The highest BCUT2D eigenvalue weighted by Gasteiger charge is 2.33. The zero-order valence-electron chi connectivity index (χ0n) is 18.2. The zero-order valence-corrected chi connectivity index (χ0v) is 19.0. The third-order valence-electron chi connectivity index (χ3n) is 5.66. The maximum atomic E-state index is 10.5. The van der Waals surface area contributed by atoms with Crippen molar-refractivity contribution in [2.24, 2.45) is 5.92 Å². The average molecular weight is 460 g/mol. The van der Waals surface area contributed by atoms with Gasteiger partial charge in [-0.3, -0.25) is 0 Å². The number of anilines is 2. The van der Waals surface area contributed by atoms with Crippen molar-refractivity contribution in [3.05, 3.63) is 30.0 Å². The summed E-state index contributed by atoms with van der Waals surface area (Å²) in [6.45, 7) is 2.39. The first kappa shape index (κ1) is 22.8. The predicted octanol–water partition coefficient (Wildman–Crippen LogP) is 2.02. The van der Waals surface area contributed by atoms with E-state index >= 15 is 0 Å². The number of aromatic nitrogens is 3. The highest BCUT2D eigenvalue weighted by Crippen LogP contribution is 2.37. The molecule has 1 aliphatic carbocycles. The molecule has 32 heavy (non-hydrogen) atoms. The maximum Gasteiger partial charge on any atom is 0.224 e. The number of hydrogen-bond donors (Lipinski definition) is 5. The third-order valence-corrected chi connectivity index (χ3v) is 6.71. The molecule has 2 heterocycles. The molecule has 1 aromatic carbocycles. The molecule has 0 radical (unpaired) electrons. The molecule has 1 saturated carbocycles. The van der Waals surface area contributed by atoms with Gasteiger partial charge in [-0.2, -0.15) is 4.98 Å². The Kier molecular flexibility index (Phi) is 7.17. The van der Waals surface area contributed by atoms with Gasteiger partial charge in [0.05, 0.1) is 46.3 Å². The first-order valence-corrected chi connectivity index (χ1v) is 11.5. The van der Waals surface area contributed by atoms with Crippen LogP contribution in [0.4, 0.5) is 11.8 Å². The summed E-state index contributed by atoms with van der Waals surface area (Å²) in [5, 5.41) is 37.2. The molecule has 0 spiro atoms. The Labute approximate surface area is 190 Å². The van der Waals surface area contributed by atoms with E-state index in [2.05, 4.69) is 20.6 Å². The van der Waals surface area contributed by atoms with Crippen LogP contribution in [0.1, 0.15) is 18.5 Å². The summed E-state index contributed by atoms with van der Waals surface area (Å²) in [6, 6.07) is 7.70. The zero-order chi connectivity index (χ0) is 22.7. The van der Waals surface area contributed by atoms with E-state index < -0.39 is 12.2 Å². The Balaban J connectivity index is 1.69. The lowest BCUT2D eigenvalue weighted by Gasteiger charge is -2.21. The van der Waals surface area contributed by atoms with Crippen molar-refractivity contribution in [1.29, 1.82) is 0 Å². The Bertz CT molecular complexity index is 1030. The molecule has 0 bridgehead atoms. The molecule has 172 valence electrons. The summed E-state index contributed by atoms with van der Waals surface area (Å²) < 4.78 is 6.04. The SMILES string of the molecule is COCC(O)CNc1nc(C)c(-c2nc3ccccc3s2)c(N[C@@H]2C[C@H](CO)C[C@H]2O)n1. The second-order valence-corrected chi connectivity index (χ2v) is 9.20. The molecule has 0 saturated heterocycles.